The summed E-state index contributed by atoms with van der Waals surface area (Å²) in [5, 5.41) is 0. The Bertz CT molecular complexity index is 566. The molecule has 0 saturated heterocycles. The Kier molecular flexibility index (Phi) is 13.9. The molecule has 0 aliphatic rings. The number of hydrogen-bond donors (Lipinski definition) is 0. The molecule has 0 aliphatic heterocycles. The van der Waals surface area contributed by atoms with Gasteiger partial charge >= 0.3 is 29.6 Å². The smallest absolute Gasteiger partial charge is 0.725 e. The molecule has 0 radical (unpaired) electrons. The molecule has 0 aliphatic carbocycles. The number of para-hydroxylation sites is 1. The fraction of sp³-hybridized carbons (Fsp3) is 0.667. The van der Waals surface area contributed by atoms with E-state index in [1.165, 1.54) is 19.8 Å². The second kappa shape index (κ2) is 13.9. The summed E-state index contributed by atoms with van der Waals surface area (Å²) in [5.41, 5.74) is 0. The quantitative estimate of drug-likeness (QED) is 0.154. The van der Waals surface area contributed by atoms with Crippen LogP contribution in [0.4, 0.5) is 0 Å². The molecule has 1 unspecified atom stereocenters. The van der Waals surface area contributed by atoms with E-state index in [2.05, 4.69) is 11.1 Å². The molecule has 6 nitrogen and oxygen atoms in total. The topological polar surface area (TPSA) is 84.9 Å². The molecule has 1 aromatic rings. The molecule has 0 spiro atoms. The Hall–Kier alpha value is -0.150. The van der Waals surface area contributed by atoms with Crippen LogP contribution in [-0.4, -0.2) is 32.0 Å². The third-order valence-corrected chi connectivity index (χ3v) is 4.32. The van der Waals surface area contributed by atoms with Crippen molar-refractivity contribution < 1.29 is 56.2 Å². The average Bonchev–Trinajstić information content (AvgIpc) is 2.54. The zero-order chi connectivity index (χ0) is 18.6. The van der Waals surface area contributed by atoms with E-state index in [4.69, 9.17) is 9.47 Å². The SMILES string of the molecule is CCCCCCCCC(C)(OCCOc1ccccc1)OS(=O)(=O)[O-].[Na+]. The van der Waals surface area contributed by atoms with Gasteiger partial charge in [-0.05, 0) is 25.5 Å². The van der Waals surface area contributed by atoms with Crippen LogP contribution in [0.25, 0.3) is 0 Å². The first-order valence-corrected chi connectivity index (χ1v) is 10.2. The van der Waals surface area contributed by atoms with Crippen LogP contribution >= 0.6 is 0 Å². The van der Waals surface area contributed by atoms with Gasteiger partial charge in [-0.2, -0.15) is 0 Å². The summed E-state index contributed by atoms with van der Waals surface area (Å²) < 4.78 is 48.6. The molecular formula is C18H29NaO6S. The summed E-state index contributed by atoms with van der Waals surface area (Å²) >= 11 is 0. The first-order chi connectivity index (χ1) is 11.8. The van der Waals surface area contributed by atoms with Gasteiger partial charge in [0.2, 0.25) is 10.4 Å². The Labute approximate surface area is 179 Å². The molecule has 0 fully saturated rings. The van der Waals surface area contributed by atoms with E-state index in [1.54, 1.807) is 0 Å². The van der Waals surface area contributed by atoms with Crippen molar-refractivity contribution >= 4 is 10.4 Å². The van der Waals surface area contributed by atoms with Gasteiger partial charge in [0.25, 0.3) is 0 Å². The van der Waals surface area contributed by atoms with Gasteiger partial charge in [-0.1, -0.05) is 57.2 Å². The predicted octanol–water partition coefficient (Wildman–Crippen LogP) is 1.03. The van der Waals surface area contributed by atoms with Gasteiger partial charge in [-0.25, -0.2) is 12.6 Å². The Morgan fingerprint density at radius 3 is 2.23 bits per heavy atom. The molecule has 0 saturated carbocycles. The minimum absolute atomic E-state index is 0. The van der Waals surface area contributed by atoms with Gasteiger partial charge in [-0.15, -0.1) is 0 Å². The third-order valence-electron chi connectivity index (χ3n) is 3.77. The van der Waals surface area contributed by atoms with Crippen molar-refractivity contribution in [3.05, 3.63) is 30.3 Å². The second-order valence-corrected chi connectivity index (χ2v) is 7.14. The van der Waals surface area contributed by atoms with E-state index in [-0.39, 0.29) is 42.8 Å². The third kappa shape index (κ3) is 13.1. The maximum Gasteiger partial charge on any atom is 1.00 e. The van der Waals surface area contributed by atoms with Gasteiger partial charge in [0, 0.05) is 6.42 Å². The molecule has 144 valence electrons. The largest absolute Gasteiger partial charge is 1.00 e. The average molecular weight is 396 g/mol. The fourth-order valence-corrected chi connectivity index (χ4v) is 3.08. The summed E-state index contributed by atoms with van der Waals surface area (Å²) in [6.45, 7) is 3.99. The number of benzene rings is 1. The minimum Gasteiger partial charge on any atom is -0.725 e. The van der Waals surface area contributed by atoms with Crippen molar-refractivity contribution in [2.24, 2.45) is 0 Å². The van der Waals surface area contributed by atoms with Gasteiger partial charge < -0.3 is 14.0 Å². The van der Waals surface area contributed by atoms with Crippen molar-refractivity contribution in [3.8, 4) is 5.75 Å². The van der Waals surface area contributed by atoms with Crippen LogP contribution in [-0.2, 0) is 19.3 Å². The van der Waals surface area contributed by atoms with E-state index < -0.39 is 16.2 Å². The number of rotatable bonds is 14. The van der Waals surface area contributed by atoms with Crippen LogP contribution in [0.15, 0.2) is 30.3 Å². The Balaban J connectivity index is 0.00000625. The van der Waals surface area contributed by atoms with Crippen molar-refractivity contribution in [2.45, 2.75) is 64.6 Å². The molecule has 26 heavy (non-hydrogen) atoms. The molecule has 0 aromatic heterocycles. The number of unbranched alkanes of at least 4 members (excludes halogenated alkanes) is 5. The standard InChI is InChI=1S/C18H30O6S.Na/c1-3-4-5-6-7-11-14-18(2,24-25(19,20)21)23-16-15-22-17-12-9-8-10-13-17;/h8-10,12-13H,3-7,11,14-16H2,1-2H3,(H,19,20,21);/q;+1/p-1. The second-order valence-electron chi connectivity index (χ2n) is 6.15. The first-order valence-electron chi connectivity index (χ1n) is 8.83. The van der Waals surface area contributed by atoms with Crippen molar-refractivity contribution in [1.82, 2.24) is 0 Å². The maximum absolute atomic E-state index is 11.0. The summed E-state index contributed by atoms with van der Waals surface area (Å²) in [6, 6.07) is 9.22. The predicted molar refractivity (Wildman–Crippen MR) is 95.1 cm³/mol. The summed E-state index contributed by atoms with van der Waals surface area (Å²) in [5.74, 6) is -0.758. The molecule has 0 bridgehead atoms. The van der Waals surface area contributed by atoms with E-state index in [0.29, 0.717) is 12.2 Å². The van der Waals surface area contributed by atoms with Crippen LogP contribution in [0.1, 0.15) is 58.8 Å². The monoisotopic (exact) mass is 396 g/mol. The van der Waals surface area contributed by atoms with Gasteiger partial charge in [0.05, 0.1) is 6.61 Å². The fourth-order valence-electron chi connectivity index (χ4n) is 2.51. The van der Waals surface area contributed by atoms with Crippen LogP contribution in [0.5, 0.6) is 5.75 Å². The molecule has 0 heterocycles. The van der Waals surface area contributed by atoms with Crippen molar-refractivity contribution in [2.75, 3.05) is 13.2 Å². The van der Waals surface area contributed by atoms with Crippen LogP contribution in [0.3, 0.4) is 0 Å². The van der Waals surface area contributed by atoms with Crippen molar-refractivity contribution in [3.63, 3.8) is 0 Å². The maximum atomic E-state index is 11.0. The molecule has 1 atom stereocenters. The molecule has 1 aromatic carbocycles. The molecule has 1 rings (SSSR count). The van der Waals surface area contributed by atoms with E-state index in [1.807, 2.05) is 30.3 Å². The zero-order valence-corrected chi connectivity index (χ0v) is 18.9. The van der Waals surface area contributed by atoms with E-state index in [0.717, 1.165) is 25.7 Å². The van der Waals surface area contributed by atoms with Crippen LogP contribution in [0.2, 0.25) is 0 Å². The van der Waals surface area contributed by atoms with Gasteiger partial charge in [-0.3, -0.25) is 0 Å². The molecule has 0 amide bonds. The normalized spacial score (nSPS) is 13.7. The Morgan fingerprint density at radius 2 is 1.62 bits per heavy atom. The number of hydrogen-bond acceptors (Lipinski definition) is 6. The zero-order valence-electron chi connectivity index (χ0n) is 16.1. The van der Waals surface area contributed by atoms with E-state index >= 15 is 0 Å². The summed E-state index contributed by atoms with van der Waals surface area (Å²) in [4.78, 5) is 0. The Morgan fingerprint density at radius 1 is 1.00 bits per heavy atom. The molecule has 0 N–H and O–H groups in total. The minimum atomic E-state index is -4.84. The number of ether oxygens (including phenoxy) is 2. The summed E-state index contributed by atoms with van der Waals surface area (Å²) in [7, 11) is -4.84. The van der Waals surface area contributed by atoms with Crippen LogP contribution in [0, 0.1) is 0 Å². The van der Waals surface area contributed by atoms with Crippen molar-refractivity contribution in [1.29, 1.82) is 0 Å². The van der Waals surface area contributed by atoms with Gasteiger partial charge in [0.15, 0.2) is 5.79 Å². The van der Waals surface area contributed by atoms with Gasteiger partial charge in [0.1, 0.15) is 12.4 Å². The molecular weight excluding hydrogens is 367 g/mol. The van der Waals surface area contributed by atoms with Crippen LogP contribution < -0.4 is 34.3 Å². The van der Waals surface area contributed by atoms with E-state index in [9.17, 15) is 13.0 Å². The summed E-state index contributed by atoms with van der Waals surface area (Å²) in [6.07, 6.45) is 6.60. The first kappa shape index (κ1) is 25.9. The molecule has 8 heteroatoms.